The van der Waals surface area contributed by atoms with E-state index in [2.05, 4.69) is 5.32 Å². The maximum Gasteiger partial charge on any atom is 0.322 e. The first kappa shape index (κ1) is 21.1. The summed E-state index contributed by atoms with van der Waals surface area (Å²) in [4.78, 5) is 14.4. The number of benzene rings is 2. The van der Waals surface area contributed by atoms with Gasteiger partial charge >= 0.3 is 16.1 Å². The van der Waals surface area contributed by atoms with Crippen molar-refractivity contribution >= 4 is 33.4 Å². The third-order valence-electron chi connectivity index (χ3n) is 3.49. The van der Waals surface area contributed by atoms with Gasteiger partial charge in [0, 0.05) is 23.8 Å². The lowest BCUT2D eigenvalue weighted by molar-refractivity contribution is 0.201. The highest BCUT2D eigenvalue weighted by atomic mass is 35.5. The van der Waals surface area contributed by atoms with E-state index < -0.39 is 10.1 Å². The molecule has 2 rings (SSSR count). The van der Waals surface area contributed by atoms with Crippen LogP contribution in [0.1, 0.15) is 19.4 Å². The Kier molecular flexibility index (Phi) is 7.10. The zero-order chi connectivity index (χ0) is 20.0. The smallest absolute Gasteiger partial charge is 0.322 e. The molecule has 0 atom stereocenters. The van der Waals surface area contributed by atoms with E-state index >= 15 is 0 Å². The molecule has 0 bridgehead atoms. The Morgan fingerprint density at radius 3 is 2.41 bits per heavy atom. The molecule has 0 fully saturated rings. The summed E-state index contributed by atoms with van der Waals surface area (Å²) in [6.45, 7) is 5.00. The molecule has 8 heteroatoms. The fourth-order valence-electron chi connectivity index (χ4n) is 2.47. The summed E-state index contributed by atoms with van der Waals surface area (Å²) >= 11 is 5.96. The highest BCUT2D eigenvalue weighted by Crippen LogP contribution is 2.18. The summed E-state index contributed by atoms with van der Waals surface area (Å²) in [5.41, 5.74) is 1.48. The Morgan fingerprint density at radius 2 is 1.85 bits per heavy atom. The standard InChI is InChI=1S/C19H23ClN2O4S/c1-14(2)12-22(19(23)21-17-6-4-5-16(20)11-17)13-15-7-9-18(10-8-15)26-27(3,24)25/h4-11,14H,12-13H2,1-3H3,(H,21,23). The minimum absolute atomic E-state index is 0.234. The number of carbonyl (C=O) groups excluding carboxylic acids is 1. The molecule has 0 saturated heterocycles. The van der Waals surface area contributed by atoms with Gasteiger partial charge in [-0.2, -0.15) is 8.42 Å². The van der Waals surface area contributed by atoms with Crippen LogP contribution in [-0.2, 0) is 16.7 Å². The van der Waals surface area contributed by atoms with E-state index in [0.29, 0.717) is 23.8 Å². The molecule has 1 N–H and O–H groups in total. The van der Waals surface area contributed by atoms with E-state index in [9.17, 15) is 13.2 Å². The molecule has 146 valence electrons. The Labute approximate surface area is 165 Å². The van der Waals surface area contributed by atoms with Gasteiger partial charge in [-0.05, 0) is 41.8 Å². The molecule has 0 spiro atoms. The molecule has 27 heavy (non-hydrogen) atoms. The average Bonchev–Trinajstić information content (AvgIpc) is 2.54. The number of amides is 2. The lowest BCUT2D eigenvalue weighted by Gasteiger charge is -2.25. The Hall–Kier alpha value is -2.25. The van der Waals surface area contributed by atoms with Crippen LogP contribution in [0.3, 0.4) is 0 Å². The topological polar surface area (TPSA) is 75.7 Å². The number of carbonyl (C=O) groups is 1. The number of hydrogen-bond acceptors (Lipinski definition) is 4. The van der Waals surface area contributed by atoms with E-state index in [4.69, 9.17) is 15.8 Å². The van der Waals surface area contributed by atoms with E-state index in [-0.39, 0.29) is 17.7 Å². The van der Waals surface area contributed by atoms with Crippen molar-refractivity contribution in [2.24, 2.45) is 5.92 Å². The van der Waals surface area contributed by atoms with Crippen molar-refractivity contribution in [3.8, 4) is 5.75 Å². The van der Waals surface area contributed by atoms with Gasteiger partial charge in [0.25, 0.3) is 0 Å². The number of nitrogens with one attached hydrogen (secondary N) is 1. The van der Waals surface area contributed by atoms with E-state index in [0.717, 1.165) is 11.8 Å². The van der Waals surface area contributed by atoms with Gasteiger partial charge in [-0.3, -0.25) is 0 Å². The van der Waals surface area contributed by atoms with Crippen molar-refractivity contribution in [1.82, 2.24) is 4.90 Å². The molecule has 2 aromatic rings. The molecule has 0 unspecified atom stereocenters. The summed E-state index contributed by atoms with van der Waals surface area (Å²) in [6.07, 6.45) is 0.992. The first-order valence-electron chi connectivity index (χ1n) is 8.42. The van der Waals surface area contributed by atoms with Gasteiger partial charge in [0.15, 0.2) is 0 Å². The molecule has 0 aliphatic heterocycles. The van der Waals surface area contributed by atoms with Crippen molar-refractivity contribution in [3.05, 3.63) is 59.1 Å². The van der Waals surface area contributed by atoms with Crippen LogP contribution in [0.25, 0.3) is 0 Å². The van der Waals surface area contributed by atoms with Gasteiger partial charge in [-0.15, -0.1) is 0 Å². The third-order valence-corrected chi connectivity index (χ3v) is 4.22. The fraction of sp³-hybridized carbons (Fsp3) is 0.316. The molecule has 0 aromatic heterocycles. The highest BCUT2D eigenvalue weighted by molar-refractivity contribution is 7.86. The normalized spacial score (nSPS) is 11.3. The Morgan fingerprint density at radius 1 is 1.19 bits per heavy atom. The van der Waals surface area contributed by atoms with Gasteiger partial charge < -0.3 is 14.4 Å². The lowest BCUT2D eigenvalue weighted by Crippen LogP contribution is -2.37. The third kappa shape index (κ3) is 7.48. The van der Waals surface area contributed by atoms with Crippen LogP contribution < -0.4 is 9.50 Å². The maximum absolute atomic E-state index is 12.7. The minimum atomic E-state index is -3.57. The van der Waals surface area contributed by atoms with Crippen molar-refractivity contribution < 1.29 is 17.4 Å². The minimum Gasteiger partial charge on any atom is -0.383 e. The quantitative estimate of drug-likeness (QED) is 0.687. The molecule has 2 amide bonds. The van der Waals surface area contributed by atoms with E-state index in [1.165, 1.54) is 0 Å². The van der Waals surface area contributed by atoms with Gasteiger partial charge in [0.05, 0.1) is 6.26 Å². The Bertz CT molecular complexity index is 883. The van der Waals surface area contributed by atoms with Crippen LogP contribution >= 0.6 is 11.6 Å². The molecule has 0 aliphatic carbocycles. The second-order valence-electron chi connectivity index (χ2n) is 6.65. The number of nitrogens with zero attached hydrogens (tertiary/aromatic N) is 1. The zero-order valence-electron chi connectivity index (χ0n) is 15.5. The van der Waals surface area contributed by atoms with Crippen molar-refractivity contribution in [2.45, 2.75) is 20.4 Å². The summed E-state index contributed by atoms with van der Waals surface area (Å²) < 4.78 is 27.2. The molecular formula is C19H23ClN2O4S. The van der Waals surface area contributed by atoms with Crippen molar-refractivity contribution in [2.75, 3.05) is 18.1 Å². The first-order chi connectivity index (χ1) is 12.6. The second kappa shape index (κ2) is 9.10. The Balaban J connectivity index is 2.10. The summed E-state index contributed by atoms with van der Waals surface area (Å²) in [5.74, 6) is 0.517. The number of hydrogen-bond donors (Lipinski definition) is 1. The van der Waals surface area contributed by atoms with Crippen molar-refractivity contribution in [1.29, 1.82) is 0 Å². The maximum atomic E-state index is 12.7. The monoisotopic (exact) mass is 410 g/mol. The second-order valence-corrected chi connectivity index (χ2v) is 8.66. The van der Waals surface area contributed by atoms with Crippen LogP contribution in [0.15, 0.2) is 48.5 Å². The number of urea groups is 1. The predicted octanol–water partition coefficient (Wildman–Crippen LogP) is 4.37. The fourth-order valence-corrected chi connectivity index (χ4v) is 3.13. The zero-order valence-corrected chi connectivity index (χ0v) is 17.0. The molecule has 0 radical (unpaired) electrons. The van der Waals surface area contributed by atoms with Gasteiger partial charge in [0.1, 0.15) is 5.75 Å². The molecular weight excluding hydrogens is 388 g/mol. The van der Waals surface area contributed by atoms with Crippen LogP contribution in [0.5, 0.6) is 5.75 Å². The average molecular weight is 411 g/mol. The van der Waals surface area contributed by atoms with Gasteiger partial charge in [-0.25, -0.2) is 4.79 Å². The number of anilines is 1. The first-order valence-corrected chi connectivity index (χ1v) is 10.6. The van der Waals surface area contributed by atoms with E-state index in [1.807, 2.05) is 13.8 Å². The molecule has 2 aromatic carbocycles. The predicted molar refractivity (Wildman–Crippen MR) is 108 cm³/mol. The summed E-state index contributed by atoms with van der Waals surface area (Å²) in [6, 6.07) is 13.3. The highest BCUT2D eigenvalue weighted by Gasteiger charge is 2.16. The largest absolute Gasteiger partial charge is 0.383 e. The summed E-state index contributed by atoms with van der Waals surface area (Å²) in [7, 11) is -3.57. The van der Waals surface area contributed by atoms with Crippen LogP contribution in [-0.4, -0.2) is 32.1 Å². The molecule has 0 heterocycles. The molecule has 0 saturated carbocycles. The van der Waals surface area contributed by atoms with Crippen LogP contribution in [0.4, 0.5) is 10.5 Å². The number of rotatable bonds is 7. The number of halogens is 1. The van der Waals surface area contributed by atoms with Gasteiger partial charge in [-0.1, -0.05) is 43.6 Å². The van der Waals surface area contributed by atoms with Crippen molar-refractivity contribution in [3.63, 3.8) is 0 Å². The molecule has 6 nitrogen and oxygen atoms in total. The lowest BCUT2D eigenvalue weighted by atomic mass is 10.1. The van der Waals surface area contributed by atoms with Crippen LogP contribution in [0, 0.1) is 5.92 Å². The van der Waals surface area contributed by atoms with E-state index in [1.54, 1.807) is 53.4 Å². The van der Waals surface area contributed by atoms with Crippen LogP contribution in [0.2, 0.25) is 5.02 Å². The SMILES string of the molecule is CC(C)CN(Cc1ccc(OS(C)(=O)=O)cc1)C(=O)Nc1cccc(Cl)c1. The molecule has 0 aliphatic rings. The summed E-state index contributed by atoms with van der Waals surface area (Å²) in [5, 5.41) is 3.40. The van der Waals surface area contributed by atoms with Gasteiger partial charge in [0.2, 0.25) is 0 Å².